The van der Waals surface area contributed by atoms with Gasteiger partial charge in [0.25, 0.3) is 0 Å². The van der Waals surface area contributed by atoms with Crippen molar-refractivity contribution in [1.29, 1.82) is 0 Å². The third kappa shape index (κ3) is 7.83. The van der Waals surface area contributed by atoms with Crippen LogP contribution in [0.3, 0.4) is 0 Å². The third-order valence-corrected chi connectivity index (χ3v) is 14.5. The van der Waals surface area contributed by atoms with Crippen LogP contribution in [0.1, 0.15) is 0 Å². The lowest BCUT2D eigenvalue weighted by Crippen LogP contribution is -1.96. The summed E-state index contributed by atoms with van der Waals surface area (Å²) in [6.45, 7) is 0. The Bertz CT molecular complexity index is 4160. The van der Waals surface area contributed by atoms with Gasteiger partial charge in [0.05, 0.1) is 22.8 Å². The molecular weight excluding hydrogens is 897 g/mol. The number of nitrogens with zero attached hydrogens (tertiary/aromatic N) is 4. The van der Waals surface area contributed by atoms with Crippen LogP contribution in [0.4, 0.5) is 0 Å². The predicted molar refractivity (Wildman–Crippen MR) is 309 cm³/mol. The van der Waals surface area contributed by atoms with Gasteiger partial charge < -0.3 is 0 Å². The zero-order chi connectivity index (χ0) is 49.0. The summed E-state index contributed by atoms with van der Waals surface area (Å²) in [7, 11) is 0. The molecule has 0 fully saturated rings. The van der Waals surface area contributed by atoms with Crippen LogP contribution in [0.15, 0.2) is 267 Å². The summed E-state index contributed by atoms with van der Waals surface area (Å²) in [5.41, 5.74) is 14.3. The Kier molecular flexibility index (Phi) is 10.5. The van der Waals surface area contributed by atoms with Crippen molar-refractivity contribution < 1.29 is 0 Å². The lowest BCUT2D eigenvalue weighted by atomic mass is 9.92. The average Bonchev–Trinajstić information content (AvgIpc) is 3.49. The number of fused-ring (bicyclic) bond motifs is 7. The summed E-state index contributed by atoms with van der Waals surface area (Å²) < 4.78 is 0. The summed E-state index contributed by atoms with van der Waals surface area (Å²) in [4.78, 5) is 20.6. The molecule has 4 nitrogen and oxygen atoms in total. The molecule has 344 valence electrons. The molecule has 4 heteroatoms. The average molecular weight is 941 g/mol. The molecule has 0 saturated carbocycles. The zero-order valence-corrected chi connectivity index (χ0v) is 40.2. The zero-order valence-electron chi connectivity index (χ0n) is 40.2. The van der Waals surface area contributed by atoms with Crippen molar-refractivity contribution in [3.63, 3.8) is 0 Å². The molecule has 0 unspecified atom stereocenters. The number of aromatic nitrogens is 4. The van der Waals surface area contributed by atoms with Gasteiger partial charge in [-0.3, -0.25) is 0 Å². The van der Waals surface area contributed by atoms with E-state index < -0.39 is 0 Å². The second kappa shape index (κ2) is 18.1. The first-order valence-electron chi connectivity index (χ1n) is 25.1. The first kappa shape index (κ1) is 42.9. The van der Waals surface area contributed by atoms with Gasteiger partial charge in [-0.1, -0.05) is 243 Å². The second-order valence-electron chi connectivity index (χ2n) is 19.0. The normalized spacial score (nSPS) is 11.5. The highest BCUT2D eigenvalue weighted by Gasteiger charge is 2.16. The van der Waals surface area contributed by atoms with Crippen LogP contribution in [0, 0.1) is 0 Å². The quantitative estimate of drug-likeness (QED) is 0.142. The molecule has 12 aromatic carbocycles. The molecule has 2 heterocycles. The molecule has 14 aromatic rings. The molecule has 0 saturated heterocycles. The SMILES string of the molecule is c1ccc(-c2nc(-c3ccc(-c4cccc5c(-c6ccc(-c7cc(-c8ccc9c(ccc%10ccccc%109)c8)nc(-c8ccccc8)n7)cc6)cccc45)cc3)cc(-c3ccc4c(ccc5ccccc54)c3)n2)cc1. The molecule has 0 bridgehead atoms. The highest BCUT2D eigenvalue weighted by Crippen LogP contribution is 2.39. The lowest BCUT2D eigenvalue weighted by Gasteiger charge is -2.13. The number of hydrogen-bond acceptors (Lipinski definition) is 4. The molecule has 0 aliphatic carbocycles. The van der Waals surface area contributed by atoms with Crippen molar-refractivity contribution >= 4 is 53.9 Å². The van der Waals surface area contributed by atoms with Crippen molar-refractivity contribution in [3.05, 3.63) is 267 Å². The topological polar surface area (TPSA) is 51.6 Å². The molecule has 0 aliphatic heterocycles. The maximum atomic E-state index is 5.16. The molecule has 14 rings (SSSR count). The summed E-state index contributed by atoms with van der Waals surface area (Å²) in [5, 5.41) is 12.2. The third-order valence-electron chi connectivity index (χ3n) is 14.5. The largest absolute Gasteiger partial charge is 0.228 e. The Hall–Kier alpha value is -9.90. The smallest absolute Gasteiger partial charge is 0.160 e. The minimum Gasteiger partial charge on any atom is -0.228 e. The van der Waals surface area contributed by atoms with Gasteiger partial charge in [0.2, 0.25) is 0 Å². The maximum Gasteiger partial charge on any atom is 0.160 e. The summed E-state index contributed by atoms with van der Waals surface area (Å²) in [6, 6.07) is 94.9. The molecule has 0 atom stereocenters. The van der Waals surface area contributed by atoms with E-state index in [2.05, 4.69) is 231 Å². The monoisotopic (exact) mass is 940 g/mol. The predicted octanol–water partition coefficient (Wildman–Crippen LogP) is 18.4. The van der Waals surface area contributed by atoms with Crippen molar-refractivity contribution in [3.8, 4) is 90.1 Å². The molecule has 0 aliphatic rings. The van der Waals surface area contributed by atoms with E-state index in [0.717, 1.165) is 67.3 Å². The summed E-state index contributed by atoms with van der Waals surface area (Å²) in [6.07, 6.45) is 0. The number of benzene rings is 12. The molecule has 2 aromatic heterocycles. The van der Waals surface area contributed by atoms with Crippen LogP contribution in [0.25, 0.3) is 144 Å². The van der Waals surface area contributed by atoms with Gasteiger partial charge in [0, 0.05) is 33.4 Å². The van der Waals surface area contributed by atoms with E-state index in [1.807, 2.05) is 36.4 Å². The highest BCUT2D eigenvalue weighted by molar-refractivity contribution is 6.10. The Labute approximate surface area is 428 Å². The van der Waals surface area contributed by atoms with Gasteiger partial charge in [-0.05, 0) is 100 Å². The van der Waals surface area contributed by atoms with E-state index >= 15 is 0 Å². The Morgan fingerprint density at radius 1 is 0.176 bits per heavy atom. The fourth-order valence-electron chi connectivity index (χ4n) is 10.7. The molecular formula is C70H44N4. The Balaban J connectivity index is 0.790. The van der Waals surface area contributed by atoms with Crippen molar-refractivity contribution in [2.75, 3.05) is 0 Å². The number of hydrogen-bond donors (Lipinski definition) is 0. The van der Waals surface area contributed by atoms with E-state index in [0.29, 0.717) is 11.6 Å². The van der Waals surface area contributed by atoms with Gasteiger partial charge in [-0.15, -0.1) is 0 Å². The highest BCUT2D eigenvalue weighted by atomic mass is 14.9. The first-order chi connectivity index (χ1) is 36.6. The second-order valence-corrected chi connectivity index (χ2v) is 19.0. The van der Waals surface area contributed by atoms with Crippen LogP contribution in [-0.4, -0.2) is 19.9 Å². The van der Waals surface area contributed by atoms with Crippen molar-refractivity contribution in [2.24, 2.45) is 0 Å². The lowest BCUT2D eigenvalue weighted by molar-refractivity contribution is 1.18. The van der Waals surface area contributed by atoms with Crippen LogP contribution < -0.4 is 0 Å². The Morgan fingerprint density at radius 3 is 0.932 bits per heavy atom. The molecule has 0 radical (unpaired) electrons. The van der Waals surface area contributed by atoms with Gasteiger partial charge in [0.1, 0.15) is 0 Å². The first-order valence-corrected chi connectivity index (χ1v) is 25.1. The van der Waals surface area contributed by atoms with E-state index in [1.54, 1.807) is 0 Å². The molecule has 0 spiro atoms. The minimum atomic E-state index is 0.698. The fraction of sp³-hybridized carbons (Fsp3) is 0. The number of rotatable bonds is 8. The fourth-order valence-corrected chi connectivity index (χ4v) is 10.7. The summed E-state index contributed by atoms with van der Waals surface area (Å²) >= 11 is 0. The van der Waals surface area contributed by atoms with E-state index in [4.69, 9.17) is 19.9 Å². The van der Waals surface area contributed by atoms with E-state index in [9.17, 15) is 0 Å². The maximum absolute atomic E-state index is 5.16. The molecule has 0 N–H and O–H groups in total. The van der Waals surface area contributed by atoms with Crippen LogP contribution in [0.5, 0.6) is 0 Å². The van der Waals surface area contributed by atoms with Crippen LogP contribution >= 0.6 is 0 Å². The van der Waals surface area contributed by atoms with Gasteiger partial charge in [-0.2, -0.15) is 0 Å². The molecule has 0 amide bonds. The summed E-state index contributed by atoms with van der Waals surface area (Å²) in [5.74, 6) is 1.40. The van der Waals surface area contributed by atoms with Crippen LogP contribution in [-0.2, 0) is 0 Å². The molecule has 74 heavy (non-hydrogen) atoms. The van der Waals surface area contributed by atoms with Crippen molar-refractivity contribution in [1.82, 2.24) is 19.9 Å². The van der Waals surface area contributed by atoms with E-state index in [-0.39, 0.29) is 0 Å². The van der Waals surface area contributed by atoms with E-state index in [1.165, 1.54) is 65.0 Å². The van der Waals surface area contributed by atoms with Gasteiger partial charge in [0.15, 0.2) is 11.6 Å². The minimum absolute atomic E-state index is 0.698. The standard InChI is InChI=1S/C70H44N4/c1-3-15-51(16-4-1)69-71-65(43-67(73-69)55-37-39-61-53(41-55)35-29-45-13-7-9-19-57(45)61)49-31-25-47(26-32-49)59-21-11-24-64-60(22-12-23-63(59)64)48-27-33-50(34-28-48)66-44-68(74-70(72-66)52-17-5-2-6-18-52)56-38-40-62-54(42-56)36-30-46-14-8-10-20-58(46)62/h1-44H. The van der Waals surface area contributed by atoms with Gasteiger partial charge >= 0.3 is 0 Å². The van der Waals surface area contributed by atoms with Crippen LogP contribution in [0.2, 0.25) is 0 Å². The van der Waals surface area contributed by atoms with Gasteiger partial charge in [-0.25, -0.2) is 19.9 Å². The Morgan fingerprint density at radius 2 is 0.500 bits per heavy atom. The van der Waals surface area contributed by atoms with Crippen molar-refractivity contribution in [2.45, 2.75) is 0 Å².